The first-order chi connectivity index (χ1) is 7.18. The third kappa shape index (κ3) is 2.73. The van der Waals surface area contributed by atoms with E-state index in [4.69, 9.17) is 5.73 Å². The molecule has 0 aliphatic carbocycles. The van der Waals surface area contributed by atoms with Crippen molar-refractivity contribution in [2.45, 2.75) is 35.6 Å². The fourth-order valence-electron chi connectivity index (χ4n) is 1.68. The molecule has 84 valence electrons. The van der Waals surface area contributed by atoms with Crippen LogP contribution in [-0.2, 0) is 0 Å². The van der Waals surface area contributed by atoms with E-state index in [9.17, 15) is 0 Å². The molecule has 4 unspecified atom stereocenters. The third-order valence-corrected chi connectivity index (χ3v) is 7.12. The summed E-state index contributed by atoms with van der Waals surface area (Å²) in [7, 11) is 0. The van der Waals surface area contributed by atoms with Crippen molar-refractivity contribution in [2.75, 3.05) is 5.75 Å². The summed E-state index contributed by atoms with van der Waals surface area (Å²) in [6.07, 6.45) is 0. The van der Waals surface area contributed by atoms with Gasteiger partial charge in [-0.1, -0.05) is 13.8 Å². The van der Waals surface area contributed by atoms with Crippen molar-refractivity contribution in [1.29, 1.82) is 0 Å². The Hall–Kier alpha value is 0.360. The van der Waals surface area contributed by atoms with Crippen molar-refractivity contribution < 1.29 is 0 Å². The Bertz CT molecular complexity index is 299. The summed E-state index contributed by atoms with van der Waals surface area (Å²) in [5.74, 6) is 1.19. The van der Waals surface area contributed by atoms with Gasteiger partial charge in [-0.15, -0.1) is 0 Å². The minimum Gasteiger partial charge on any atom is -0.323 e. The monoisotopic (exact) mass is 259 g/mol. The summed E-state index contributed by atoms with van der Waals surface area (Å²) in [4.78, 5) is 0. The van der Waals surface area contributed by atoms with Gasteiger partial charge in [0.2, 0.25) is 0 Å². The molecule has 4 atom stereocenters. The smallest absolute Gasteiger partial charge is 0.0432 e. The van der Waals surface area contributed by atoms with Gasteiger partial charge in [-0.25, -0.2) is 0 Å². The van der Waals surface area contributed by atoms with Crippen LogP contribution in [0.25, 0.3) is 0 Å². The molecule has 0 spiro atoms. The van der Waals surface area contributed by atoms with E-state index in [0.717, 1.165) is 10.5 Å². The highest BCUT2D eigenvalue weighted by atomic mass is 32.2. The zero-order valence-corrected chi connectivity index (χ0v) is 11.5. The standard InChI is InChI=1S/C11H17NS3/c1-7-8(2)15-10(6-14-7)11(12)9-3-4-13-5-9/h3-5,7-8,10-11H,6,12H2,1-2H3. The lowest BCUT2D eigenvalue weighted by atomic mass is 10.1. The zero-order chi connectivity index (χ0) is 10.8. The second-order valence-electron chi connectivity index (χ2n) is 4.00. The van der Waals surface area contributed by atoms with Crippen LogP contribution in [0.4, 0.5) is 0 Å². The van der Waals surface area contributed by atoms with Gasteiger partial charge in [0.05, 0.1) is 0 Å². The molecule has 0 saturated carbocycles. The van der Waals surface area contributed by atoms with Crippen LogP contribution in [0.3, 0.4) is 0 Å². The lowest BCUT2D eigenvalue weighted by molar-refractivity contribution is 0.710. The van der Waals surface area contributed by atoms with Gasteiger partial charge in [-0.3, -0.25) is 0 Å². The van der Waals surface area contributed by atoms with Gasteiger partial charge in [0, 0.05) is 27.5 Å². The molecule has 4 heteroatoms. The van der Waals surface area contributed by atoms with E-state index in [2.05, 4.69) is 54.2 Å². The average Bonchev–Trinajstić information content (AvgIpc) is 2.74. The van der Waals surface area contributed by atoms with Gasteiger partial charge < -0.3 is 5.73 Å². The maximum atomic E-state index is 6.29. The van der Waals surface area contributed by atoms with Crippen molar-refractivity contribution in [3.8, 4) is 0 Å². The van der Waals surface area contributed by atoms with Gasteiger partial charge in [-0.2, -0.15) is 34.9 Å². The molecule has 1 fully saturated rings. The van der Waals surface area contributed by atoms with Crippen LogP contribution in [0.15, 0.2) is 16.8 Å². The highest BCUT2D eigenvalue weighted by Crippen LogP contribution is 2.40. The largest absolute Gasteiger partial charge is 0.323 e. The summed E-state index contributed by atoms with van der Waals surface area (Å²) in [6, 6.07) is 2.37. The molecule has 0 amide bonds. The van der Waals surface area contributed by atoms with Crippen LogP contribution in [-0.4, -0.2) is 21.5 Å². The quantitative estimate of drug-likeness (QED) is 0.882. The predicted molar refractivity (Wildman–Crippen MR) is 74.0 cm³/mol. The molecule has 1 aliphatic rings. The number of hydrogen-bond donors (Lipinski definition) is 1. The number of thioether (sulfide) groups is 2. The molecular formula is C11H17NS3. The van der Waals surface area contributed by atoms with Gasteiger partial charge in [-0.05, 0) is 22.4 Å². The molecule has 0 radical (unpaired) electrons. The van der Waals surface area contributed by atoms with E-state index in [0.29, 0.717) is 5.25 Å². The lowest BCUT2D eigenvalue weighted by Gasteiger charge is -2.34. The molecule has 0 bridgehead atoms. The topological polar surface area (TPSA) is 26.0 Å². The van der Waals surface area contributed by atoms with Gasteiger partial charge in [0.25, 0.3) is 0 Å². The van der Waals surface area contributed by atoms with Crippen LogP contribution in [0, 0.1) is 0 Å². The maximum Gasteiger partial charge on any atom is 0.0432 e. The molecule has 1 nitrogen and oxygen atoms in total. The molecule has 2 rings (SSSR count). The Kier molecular flexibility index (Phi) is 4.04. The van der Waals surface area contributed by atoms with Crippen molar-refractivity contribution in [3.05, 3.63) is 22.4 Å². The Balaban J connectivity index is 2.00. The number of hydrogen-bond acceptors (Lipinski definition) is 4. The van der Waals surface area contributed by atoms with E-state index >= 15 is 0 Å². The van der Waals surface area contributed by atoms with Crippen molar-refractivity contribution in [3.63, 3.8) is 0 Å². The molecule has 1 aliphatic heterocycles. The second-order valence-corrected chi connectivity index (χ2v) is 7.81. The molecule has 2 heterocycles. The Labute approximate surface area is 104 Å². The molecule has 1 aromatic rings. The minimum atomic E-state index is 0.212. The van der Waals surface area contributed by atoms with Gasteiger partial charge in [0.1, 0.15) is 0 Å². The van der Waals surface area contributed by atoms with Gasteiger partial charge in [0.15, 0.2) is 0 Å². The SMILES string of the molecule is CC1SCC(C(N)c2ccsc2)SC1C. The fourth-order valence-corrected chi connectivity index (χ4v) is 5.43. The van der Waals surface area contributed by atoms with Crippen LogP contribution in [0.1, 0.15) is 25.5 Å². The summed E-state index contributed by atoms with van der Waals surface area (Å²) in [5, 5.41) is 6.36. The average molecular weight is 259 g/mol. The van der Waals surface area contributed by atoms with E-state index in [-0.39, 0.29) is 6.04 Å². The van der Waals surface area contributed by atoms with Crippen LogP contribution in [0.5, 0.6) is 0 Å². The lowest BCUT2D eigenvalue weighted by Crippen LogP contribution is -2.33. The minimum absolute atomic E-state index is 0.212. The molecular weight excluding hydrogens is 242 g/mol. The summed E-state index contributed by atoms with van der Waals surface area (Å²) >= 11 is 5.86. The van der Waals surface area contributed by atoms with Crippen LogP contribution >= 0.6 is 34.9 Å². The first kappa shape index (κ1) is 11.8. The molecule has 15 heavy (non-hydrogen) atoms. The molecule has 1 aromatic heterocycles. The van der Waals surface area contributed by atoms with Gasteiger partial charge >= 0.3 is 0 Å². The summed E-state index contributed by atoms with van der Waals surface area (Å²) < 4.78 is 0. The Morgan fingerprint density at radius 3 is 2.80 bits per heavy atom. The van der Waals surface area contributed by atoms with E-state index in [1.54, 1.807) is 11.3 Å². The second kappa shape index (κ2) is 5.13. The highest BCUT2D eigenvalue weighted by molar-refractivity contribution is 8.07. The third-order valence-electron chi connectivity index (χ3n) is 2.90. The number of thiophene rings is 1. The normalized spacial score (nSPS) is 33.9. The fraction of sp³-hybridized carbons (Fsp3) is 0.636. The number of rotatable bonds is 2. The Morgan fingerprint density at radius 1 is 1.40 bits per heavy atom. The van der Waals surface area contributed by atoms with E-state index in [1.165, 1.54) is 11.3 Å². The first-order valence-corrected chi connectivity index (χ1v) is 8.16. The number of nitrogens with two attached hydrogens (primary N) is 1. The van der Waals surface area contributed by atoms with Crippen molar-refractivity contribution in [1.82, 2.24) is 0 Å². The summed E-state index contributed by atoms with van der Waals surface area (Å²) in [5.41, 5.74) is 7.60. The van der Waals surface area contributed by atoms with E-state index < -0.39 is 0 Å². The Morgan fingerprint density at radius 2 is 2.20 bits per heavy atom. The summed E-state index contributed by atoms with van der Waals surface area (Å²) in [6.45, 7) is 4.63. The highest BCUT2D eigenvalue weighted by Gasteiger charge is 2.30. The zero-order valence-electron chi connectivity index (χ0n) is 9.05. The van der Waals surface area contributed by atoms with Crippen LogP contribution in [0.2, 0.25) is 0 Å². The van der Waals surface area contributed by atoms with Crippen LogP contribution < -0.4 is 5.73 Å². The predicted octanol–water partition coefficient (Wildman–Crippen LogP) is 3.37. The van der Waals surface area contributed by atoms with Crippen molar-refractivity contribution >= 4 is 34.9 Å². The first-order valence-electron chi connectivity index (χ1n) is 5.23. The molecule has 2 N–H and O–H groups in total. The molecule has 0 aromatic carbocycles. The van der Waals surface area contributed by atoms with Crippen molar-refractivity contribution in [2.24, 2.45) is 5.73 Å². The molecule has 1 saturated heterocycles. The van der Waals surface area contributed by atoms with E-state index in [1.807, 2.05) is 0 Å². The maximum absolute atomic E-state index is 6.29.